The average molecular weight is 469 g/mol. The van der Waals surface area contributed by atoms with E-state index in [0.717, 1.165) is 29.1 Å². The van der Waals surface area contributed by atoms with Crippen molar-refractivity contribution in [1.29, 1.82) is 0 Å². The molecule has 1 aromatic heterocycles. The summed E-state index contributed by atoms with van der Waals surface area (Å²) in [6, 6.07) is 35.9. The number of hydrogen-bond donors (Lipinski definition) is 1. The summed E-state index contributed by atoms with van der Waals surface area (Å²) >= 11 is 0. The zero-order valence-electron chi connectivity index (χ0n) is 20.3. The van der Waals surface area contributed by atoms with E-state index in [1.165, 1.54) is 33.2 Å². The summed E-state index contributed by atoms with van der Waals surface area (Å²) < 4.78 is 6.55. The van der Waals surface area contributed by atoms with E-state index in [1.54, 1.807) is 0 Å². The summed E-state index contributed by atoms with van der Waals surface area (Å²) in [5, 5.41) is 1.27. The van der Waals surface area contributed by atoms with Crippen LogP contribution >= 0.6 is 0 Å². The quantitative estimate of drug-likeness (QED) is 0.254. The lowest BCUT2D eigenvalue weighted by atomic mass is 9.81. The number of allylic oxidation sites excluding steroid dienone is 1. The lowest BCUT2D eigenvalue weighted by molar-refractivity contribution is 0.489. The standard InChI is InChI=1S/C33H28N2O/c1-23-15-17-24(18-16-23)32-28-12-6-8-14-31(28)36-33(25-9-3-2-4-10-25)29(32)22-34-20-19-26-21-35-30-13-7-5-11-27(26)30/h2-18,21-22,32,35H,19-20H2,1H3. The number of ether oxygens (including phenoxy) is 1. The van der Waals surface area contributed by atoms with Gasteiger partial charge < -0.3 is 9.72 Å². The molecule has 1 N–H and O–H groups in total. The number of fused-ring (bicyclic) bond motifs is 2. The molecule has 3 nitrogen and oxygen atoms in total. The second kappa shape index (κ2) is 9.71. The fourth-order valence-corrected chi connectivity index (χ4v) is 5.03. The minimum atomic E-state index is 0.0441. The summed E-state index contributed by atoms with van der Waals surface area (Å²) in [5.74, 6) is 1.82. The Morgan fingerprint density at radius 3 is 2.44 bits per heavy atom. The monoisotopic (exact) mass is 468 g/mol. The van der Waals surface area contributed by atoms with Gasteiger partial charge in [-0.25, -0.2) is 0 Å². The van der Waals surface area contributed by atoms with Gasteiger partial charge in [-0.15, -0.1) is 0 Å². The molecule has 1 unspecified atom stereocenters. The molecule has 0 spiro atoms. The van der Waals surface area contributed by atoms with Crippen molar-refractivity contribution >= 4 is 22.9 Å². The highest BCUT2D eigenvalue weighted by Crippen LogP contribution is 2.45. The van der Waals surface area contributed by atoms with Gasteiger partial charge in [-0.2, -0.15) is 0 Å². The Kier molecular flexibility index (Phi) is 5.96. The first-order valence-corrected chi connectivity index (χ1v) is 12.5. The van der Waals surface area contributed by atoms with Crippen molar-refractivity contribution in [1.82, 2.24) is 4.98 Å². The second-order valence-corrected chi connectivity index (χ2v) is 9.28. The third kappa shape index (κ3) is 4.25. The van der Waals surface area contributed by atoms with E-state index < -0.39 is 0 Å². The number of para-hydroxylation sites is 2. The number of aliphatic imine (C=N–C) groups is 1. The van der Waals surface area contributed by atoms with Crippen LogP contribution in [0, 0.1) is 6.92 Å². The predicted octanol–water partition coefficient (Wildman–Crippen LogP) is 7.73. The lowest BCUT2D eigenvalue weighted by Crippen LogP contribution is -2.17. The third-order valence-corrected chi connectivity index (χ3v) is 6.88. The number of aromatic nitrogens is 1. The van der Waals surface area contributed by atoms with Crippen LogP contribution in [0.2, 0.25) is 0 Å². The second-order valence-electron chi connectivity index (χ2n) is 9.28. The predicted molar refractivity (Wildman–Crippen MR) is 149 cm³/mol. The van der Waals surface area contributed by atoms with E-state index in [4.69, 9.17) is 9.73 Å². The molecular formula is C33H28N2O. The van der Waals surface area contributed by atoms with Crippen molar-refractivity contribution in [2.45, 2.75) is 19.3 Å². The van der Waals surface area contributed by atoms with Gasteiger partial charge in [0.25, 0.3) is 0 Å². The molecule has 0 fully saturated rings. The van der Waals surface area contributed by atoms with Crippen molar-refractivity contribution in [3.63, 3.8) is 0 Å². The van der Waals surface area contributed by atoms with Crippen LogP contribution in [0.25, 0.3) is 16.7 Å². The van der Waals surface area contributed by atoms with E-state index in [0.29, 0.717) is 6.54 Å². The van der Waals surface area contributed by atoms with Crippen LogP contribution in [-0.2, 0) is 6.42 Å². The Hall–Kier alpha value is -4.37. The first-order chi connectivity index (χ1) is 17.8. The van der Waals surface area contributed by atoms with Gasteiger partial charge in [-0.05, 0) is 36.6 Å². The molecule has 0 radical (unpaired) electrons. The molecule has 0 bridgehead atoms. The molecule has 0 aliphatic carbocycles. The van der Waals surface area contributed by atoms with Gasteiger partial charge in [0, 0.05) is 52.5 Å². The minimum Gasteiger partial charge on any atom is -0.456 e. The van der Waals surface area contributed by atoms with Crippen molar-refractivity contribution in [2.75, 3.05) is 6.54 Å². The van der Waals surface area contributed by atoms with Gasteiger partial charge in [-0.1, -0.05) is 96.6 Å². The number of hydrogen-bond acceptors (Lipinski definition) is 2. The van der Waals surface area contributed by atoms with Crippen molar-refractivity contribution in [3.8, 4) is 5.75 Å². The number of nitrogens with one attached hydrogen (secondary N) is 1. The summed E-state index contributed by atoms with van der Waals surface area (Å²) in [5.41, 5.74) is 8.26. The Balaban J connectivity index is 1.40. The van der Waals surface area contributed by atoms with Crippen LogP contribution in [0.5, 0.6) is 5.75 Å². The van der Waals surface area contributed by atoms with E-state index in [-0.39, 0.29) is 5.92 Å². The van der Waals surface area contributed by atoms with E-state index in [2.05, 4.69) is 109 Å². The topological polar surface area (TPSA) is 37.4 Å². The largest absolute Gasteiger partial charge is 0.456 e. The summed E-state index contributed by atoms with van der Waals surface area (Å²) in [7, 11) is 0. The van der Waals surface area contributed by atoms with Gasteiger partial charge >= 0.3 is 0 Å². The summed E-state index contributed by atoms with van der Waals surface area (Å²) in [6.07, 6.45) is 5.02. The summed E-state index contributed by atoms with van der Waals surface area (Å²) in [6.45, 7) is 2.83. The highest BCUT2D eigenvalue weighted by atomic mass is 16.5. The Bertz CT molecular complexity index is 1560. The molecule has 5 aromatic rings. The molecule has 0 saturated heterocycles. The first kappa shape index (κ1) is 22.1. The van der Waals surface area contributed by atoms with Crippen molar-refractivity contribution < 1.29 is 4.74 Å². The number of H-pyrrole nitrogens is 1. The number of nitrogens with zero attached hydrogens (tertiary/aromatic N) is 1. The Morgan fingerprint density at radius 1 is 0.833 bits per heavy atom. The maximum absolute atomic E-state index is 6.55. The van der Waals surface area contributed by atoms with Crippen LogP contribution < -0.4 is 4.74 Å². The zero-order valence-corrected chi connectivity index (χ0v) is 20.3. The molecule has 1 aliphatic heterocycles. The lowest BCUT2D eigenvalue weighted by Gasteiger charge is -2.30. The molecule has 3 heteroatoms. The van der Waals surface area contributed by atoms with Gasteiger partial charge in [0.05, 0.1) is 0 Å². The van der Waals surface area contributed by atoms with Crippen molar-refractivity contribution in [2.24, 2.45) is 4.99 Å². The molecule has 36 heavy (non-hydrogen) atoms. The molecule has 0 saturated carbocycles. The first-order valence-electron chi connectivity index (χ1n) is 12.5. The average Bonchev–Trinajstić information content (AvgIpc) is 3.34. The fraction of sp³-hybridized carbons (Fsp3) is 0.121. The van der Waals surface area contributed by atoms with E-state index in [1.807, 2.05) is 18.3 Å². The molecule has 0 amide bonds. The zero-order chi connectivity index (χ0) is 24.3. The molecule has 2 heterocycles. The minimum absolute atomic E-state index is 0.0441. The van der Waals surface area contributed by atoms with E-state index >= 15 is 0 Å². The third-order valence-electron chi connectivity index (χ3n) is 6.88. The van der Waals surface area contributed by atoms with E-state index in [9.17, 15) is 0 Å². The van der Waals surface area contributed by atoms with Gasteiger partial charge in [0.1, 0.15) is 11.5 Å². The maximum Gasteiger partial charge on any atom is 0.140 e. The number of benzene rings is 4. The SMILES string of the molecule is Cc1ccc(C2C(C=NCCc3c[nH]c4ccccc34)=C(c3ccccc3)Oc3ccccc32)cc1. The Labute approximate surface area is 211 Å². The fourth-order valence-electron chi connectivity index (χ4n) is 5.03. The summed E-state index contributed by atoms with van der Waals surface area (Å²) in [4.78, 5) is 8.31. The van der Waals surface area contributed by atoms with Crippen LogP contribution in [0.4, 0.5) is 0 Å². The van der Waals surface area contributed by atoms with Crippen LogP contribution in [-0.4, -0.2) is 17.7 Å². The van der Waals surface area contributed by atoms with Gasteiger partial charge in [0.15, 0.2) is 0 Å². The van der Waals surface area contributed by atoms with Crippen molar-refractivity contribution in [3.05, 3.63) is 143 Å². The Morgan fingerprint density at radius 2 is 1.58 bits per heavy atom. The van der Waals surface area contributed by atoms with Crippen LogP contribution in [0.15, 0.2) is 120 Å². The molecular weight excluding hydrogens is 440 g/mol. The smallest absolute Gasteiger partial charge is 0.140 e. The van der Waals surface area contributed by atoms with Crippen LogP contribution in [0.1, 0.15) is 33.7 Å². The van der Waals surface area contributed by atoms with Gasteiger partial charge in [-0.3, -0.25) is 4.99 Å². The molecule has 6 rings (SSSR count). The van der Waals surface area contributed by atoms with Gasteiger partial charge in [0.2, 0.25) is 0 Å². The van der Waals surface area contributed by atoms with Crippen LogP contribution in [0.3, 0.4) is 0 Å². The normalized spacial score (nSPS) is 15.3. The highest BCUT2D eigenvalue weighted by molar-refractivity contribution is 5.94. The molecule has 1 aliphatic rings. The molecule has 1 atom stereocenters. The molecule has 176 valence electrons. The highest BCUT2D eigenvalue weighted by Gasteiger charge is 2.30. The number of aryl methyl sites for hydroxylation is 1. The number of aromatic amines is 1. The molecule has 4 aromatic carbocycles. The maximum atomic E-state index is 6.55. The number of rotatable bonds is 6.